The van der Waals surface area contributed by atoms with Gasteiger partial charge in [0.05, 0.1) is 18.2 Å². The summed E-state index contributed by atoms with van der Waals surface area (Å²) in [4.78, 5) is 21.9. The zero-order valence-electron chi connectivity index (χ0n) is 18.0. The molecule has 1 unspecified atom stereocenters. The quantitative estimate of drug-likeness (QED) is 0.719. The van der Waals surface area contributed by atoms with Crippen molar-refractivity contribution in [2.75, 3.05) is 40.4 Å². The summed E-state index contributed by atoms with van der Waals surface area (Å²) in [6.07, 6.45) is 2.92. The molecule has 1 amide bonds. The average molecular weight is 415 g/mol. The molecule has 0 radical (unpaired) electrons. The molecule has 162 valence electrons. The van der Waals surface area contributed by atoms with Crippen LogP contribution in [0.3, 0.4) is 0 Å². The van der Waals surface area contributed by atoms with Crippen LogP contribution in [0, 0.1) is 5.41 Å². The van der Waals surface area contributed by atoms with Gasteiger partial charge in [-0.05, 0) is 50.8 Å². The number of methoxy groups -OCH3 is 1. The van der Waals surface area contributed by atoms with Gasteiger partial charge in [-0.15, -0.1) is 0 Å². The van der Waals surface area contributed by atoms with Gasteiger partial charge in [0.2, 0.25) is 0 Å². The number of likely N-dealkylation sites (tertiary alicyclic amines) is 2. The van der Waals surface area contributed by atoms with Crippen molar-refractivity contribution in [3.05, 3.63) is 41.5 Å². The topological polar surface area (TPSA) is 80.9 Å². The molecule has 1 atom stereocenters. The van der Waals surface area contributed by atoms with Crippen molar-refractivity contribution in [3.8, 4) is 5.75 Å². The summed E-state index contributed by atoms with van der Waals surface area (Å²) in [7, 11) is 3.73. The van der Waals surface area contributed by atoms with Crippen molar-refractivity contribution in [3.63, 3.8) is 0 Å². The maximum Gasteiger partial charge on any atom is 0.257 e. The third kappa shape index (κ3) is 4.06. The number of para-hydroxylation sites is 1. The van der Waals surface area contributed by atoms with E-state index in [-0.39, 0.29) is 17.4 Å². The number of piperidine rings is 1. The molecule has 2 aliphatic rings. The molecule has 2 saturated heterocycles. The highest BCUT2D eigenvalue weighted by molar-refractivity contribution is 5.97. The highest BCUT2D eigenvalue weighted by atomic mass is 16.5. The fourth-order valence-electron chi connectivity index (χ4n) is 4.79. The Balaban J connectivity index is 1.41. The Kier molecular flexibility index (Phi) is 6.06. The minimum atomic E-state index is 0.0548. The second-order valence-electron chi connectivity index (χ2n) is 8.34. The summed E-state index contributed by atoms with van der Waals surface area (Å²) in [6, 6.07) is 7.64. The number of ether oxygens (including phenoxy) is 2. The number of hydrogen-bond acceptors (Lipinski definition) is 7. The Morgan fingerprint density at radius 2 is 2.07 bits per heavy atom. The zero-order chi connectivity index (χ0) is 21.1. The molecule has 2 aliphatic heterocycles. The molecule has 2 fully saturated rings. The zero-order valence-corrected chi connectivity index (χ0v) is 18.0. The largest absolute Gasteiger partial charge is 0.493 e. The number of aromatic nitrogens is 2. The van der Waals surface area contributed by atoms with E-state index in [2.05, 4.69) is 22.1 Å². The van der Waals surface area contributed by atoms with Crippen molar-refractivity contribution >= 4 is 5.91 Å². The van der Waals surface area contributed by atoms with E-state index in [0.717, 1.165) is 44.7 Å². The molecular weight excluding hydrogens is 384 g/mol. The molecule has 0 saturated carbocycles. The number of amides is 1. The second-order valence-corrected chi connectivity index (χ2v) is 8.34. The molecule has 0 aliphatic carbocycles. The van der Waals surface area contributed by atoms with Gasteiger partial charge in [-0.2, -0.15) is 4.98 Å². The first-order valence-electron chi connectivity index (χ1n) is 10.6. The molecule has 0 N–H and O–H groups in total. The Morgan fingerprint density at radius 3 is 2.80 bits per heavy atom. The van der Waals surface area contributed by atoms with Gasteiger partial charge < -0.3 is 18.9 Å². The molecule has 3 heterocycles. The van der Waals surface area contributed by atoms with E-state index in [0.29, 0.717) is 30.4 Å². The Hall–Kier alpha value is -2.45. The van der Waals surface area contributed by atoms with Crippen molar-refractivity contribution in [1.29, 1.82) is 0 Å². The summed E-state index contributed by atoms with van der Waals surface area (Å²) in [5, 5.41) is 4.17. The normalized spacial score (nSPS) is 21.3. The Morgan fingerprint density at radius 1 is 1.30 bits per heavy atom. The molecule has 4 rings (SSSR count). The van der Waals surface area contributed by atoms with Crippen LogP contribution in [-0.2, 0) is 11.3 Å². The molecule has 2 aromatic rings. The van der Waals surface area contributed by atoms with E-state index in [1.54, 1.807) is 7.11 Å². The monoisotopic (exact) mass is 414 g/mol. The molecule has 1 aromatic heterocycles. The number of hydrogen-bond donors (Lipinski definition) is 0. The maximum atomic E-state index is 13.1. The van der Waals surface area contributed by atoms with Crippen LogP contribution in [0.4, 0.5) is 0 Å². The van der Waals surface area contributed by atoms with Crippen molar-refractivity contribution < 1.29 is 18.8 Å². The highest BCUT2D eigenvalue weighted by Gasteiger charge is 2.46. The van der Waals surface area contributed by atoms with Gasteiger partial charge in [0.15, 0.2) is 5.82 Å². The van der Waals surface area contributed by atoms with Crippen LogP contribution in [0.15, 0.2) is 28.8 Å². The minimum absolute atomic E-state index is 0.0548. The van der Waals surface area contributed by atoms with Crippen molar-refractivity contribution in [1.82, 2.24) is 19.9 Å². The second kappa shape index (κ2) is 8.73. The molecule has 1 spiro atoms. The minimum Gasteiger partial charge on any atom is -0.493 e. The van der Waals surface area contributed by atoms with E-state index in [4.69, 9.17) is 14.0 Å². The number of nitrogens with zero attached hydrogens (tertiary/aromatic N) is 4. The van der Waals surface area contributed by atoms with Crippen LogP contribution in [-0.4, -0.2) is 66.2 Å². The number of benzene rings is 1. The van der Waals surface area contributed by atoms with E-state index in [9.17, 15) is 4.79 Å². The number of rotatable bonds is 6. The van der Waals surface area contributed by atoms with Crippen LogP contribution < -0.4 is 4.74 Å². The summed E-state index contributed by atoms with van der Waals surface area (Å²) < 4.78 is 16.0. The summed E-state index contributed by atoms with van der Waals surface area (Å²) in [5.41, 5.74) is 0.826. The standard InChI is InChI=1S/C22H30N4O4/c1-4-29-18-8-6-5-7-16(18)21(27)26-11-9-22(10-12-26)13-17(25(2)15-22)20-23-19(14-28-3)30-24-20/h5-8,17H,4,9-15H2,1-3H3. The SMILES string of the molecule is CCOc1ccccc1C(=O)N1CCC2(CC1)CC(c1noc(COC)n1)N(C)C2. The lowest BCUT2D eigenvalue weighted by Crippen LogP contribution is -2.44. The average Bonchev–Trinajstić information content (AvgIpc) is 3.33. The predicted octanol–water partition coefficient (Wildman–Crippen LogP) is 2.91. The summed E-state index contributed by atoms with van der Waals surface area (Å²) >= 11 is 0. The van der Waals surface area contributed by atoms with E-state index >= 15 is 0 Å². The summed E-state index contributed by atoms with van der Waals surface area (Å²) in [6.45, 7) is 5.28. The van der Waals surface area contributed by atoms with Gasteiger partial charge in [-0.1, -0.05) is 17.3 Å². The molecule has 8 heteroatoms. The number of carbonyl (C=O) groups excluding carboxylic acids is 1. The van der Waals surface area contributed by atoms with Crippen molar-refractivity contribution in [2.24, 2.45) is 5.41 Å². The lowest BCUT2D eigenvalue weighted by Gasteiger charge is -2.39. The predicted molar refractivity (Wildman–Crippen MR) is 110 cm³/mol. The van der Waals surface area contributed by atoms with Gasteiger partial charge in [0.25, 0.3) is 11.8 Å². The molecule has 0 bridgehead atoms. The van der Waals surface area contributed by atoms with E-state index in [1.165, 1.54) is 0 Å². The Bertz CT molecular complexity index is 876. The lowest BCUT2D eigenvalue weighted by molar-refractivity contribution is 0.0589. The van der Waals surface area contributed by atoms with Crippen LogP contribution in [0.1, 0.15) is 54.3 Å². The van der Waals surface area contributed by atoms with Crippen molar-refractivity contribution in [2.45, 2.75) is 38.8 Å². The highest BCUT2D eigenvalue weighted by Crippen LogP contribution is 2.47. The maximum absolute atomic E-state index is 13.1. The smallest absolute Gasteiger partial charge is 0.257 e. The first-order valence-corrected chi connectivity index (χ1v) is 10.6. The van der Waals surface area contributed by atoms with E-state index < -0.39 is 0 Å². The Labute approximate surface area is 177 Å². The molecule has 1 aromatic carbocycles. The fourth-order valence-corrected chi connectivity index (χ4v) is 4.79. The third-order valence-electron chi connectivity index (χ3n) is 6.32. The summed E-state index contributed by atoms with van der Waals surface area (Å²) in [5.74, 6) is 1.95. The van der Waals surface area contributed by atoms with E-state index in [1.807, 2.05) is 36.1 Å². The molecule has 30 heavy (non-hydrogen) atoms. The van der Waals surface area contributed by atoms with Gasteiger partial charge in [0, 0.05) is 26.7 Å². The first-order chi connectivity index (χ1) is 14.5. The lowest BCUT2D eigenvalue weighted by atomic mass is 9.76. The van der Waals surface area contributed by atoms with Crippen LogP contribution in [0.25, 0.3) is 0 Å². The molecule has 8 nitrogen and oxygen atoms in total. The van der Waals surface area contributed by atoms with Gasteiger partial charge in [0.1, 0.15) is 12.4 Å². The van der Waals surface area contributed by atoms with Crippen LogP contribution in [0.5, 0.6) is 5.75 Å². The fraction of sp³-hybridized carbons (Fsp3) is 0.591. The third-order valence-corrected chi connectivity index (χ3v) is 6.32. The first kappa shape index (κ1) is 20.8. The van der Waals surface area contributed by atoms with Crippen LogP contribution in [0.2, 0.25) is 0 Å². The number of carbonyl (C=O) groups is 1. The van der Waals surface area contributed by atoms with Gasteiger partial charge in [-0.25, -0.2) is 0 Å². The van der Waals surface area contributed by atoms with Crippen LogP contribution >= 0.6 is 0 Å². The van der Waals surface area contributed by atoms with Gasteiger partial charge in [-0.3, -0.25) is 9.69 Å². The van der Waals surface area contributed by atoms with Gasteiger partial charge >= 0.3 is 0 Å². The molecular formula is C22H30N4O4.